The standard InChI is InChI=1S/C19H11Cl2N5S/c1-10-3-2-4-11(7-10)17-23-24-19-26(17)25-18(27-19)14-9-22-15-6-5-12(20)8-13(15)16(14)21/h2-9H,1H3. The summed E-state index contributed by atoms with van der Waals surface area (Å²) in [6.07, 6.45) is 1.73. The summed E-state index contributed by atoms with van der Waals surface area (Å²) < 4.78 is 1.74. The third kappa shape index (κ3) is 2.77. The second kappa shape index (κ2) is 6.27. The quantitative estimate of drug-likeness (QED) is 0.374. The van der Waals surface area contributed by atoms with E-state index in [-0.39, 0.29) is 0 Å². The molecule has 0 unspecified atom stereocenters. The fraction of sp³-hybridized carbons (Fsp3) is 0.0526. The zero-order valence-electron chi connectivity index (χ0n) is 14.0. The number of aromatic nitrogens is 5. The molecule has 0 N–H and O–H groups in total. The molecule has 0 amide bonds. The number of aryl methyl sites for hydroxylation is 1. The fourth-order valence-electron chi connectivity index (χ4n) is 2.97. The smallest absolute Gasteiger partial charge is 0.235 e. The van der Waals surface area contributed by atoms with Gasteiger partial charge in [0.05, 0.1) is 16.1 Å². The van der Waals surface area contributed by atoms with Crippen LogP contribution in [0.5, 0.6) is 0 Å². The van der Waals surface area contributed by atoms with Crippen LogP contribution in [0.4, 0.5) is 0 Å². The van der Waals surface area contributed by atoms with E-state index in [2.05, 4.69) is 21.2 Å². The van der Waals surface area contributed by atoms with E-state index in [4.69, 9.17) is 28.3 Å². The van der Waals surface area contributed by atoms with Crippen molar-refractivity contribution in [3.63, 3.8) is 0 Å². The van der Waals surface area contributed by atoms with Crippen LogP contribution < -0.4 is 0 Å². The van der Waals surface area contributed by atoms with Crippen molar-refractivity contribution in [3.8, 4) is 22.0 Å². The van der Waals surface area contributed by atoms with Gasteiger partial charge in [-0.3, -0.25) is 4.98 Å². The van der Waals surface area contributed by atoms with Gasteiger partial charge >= 0.3 is 0 Å². The summed E-state index contributed by atoms with van der Waals surface area (Å²) in [5, 5.41) is 15.9. The van der Waals surface area contributed by atoms with Crippen molar-refractivity contribution in [1.82, 2.24) is 24.8 Å². The molecule has 27 heavy (non-hydrogen) atoms. The molecule has 0 bridgehead atoms. The number of rotatable bonds is 2. The molecule has 3 heterocycles. The number of fused-ring (bicyclic) bond motifs is 2. The van der Waals surface area contributed by atoms with Crippen molar-refractivity contribution >= 4 is 50.4 Å². The van der Waals surface area contributed by atoms with Crippen molar-refractivity contribution in [2.24, 2.45) is 0 Å². The lowest BCUT2D eigenvalue weighted by molar-refractivity contribution is 0.970. The van der Waals surface area contributed by atoms with E-state index < -0.39 is 0 Å². The molecular weight excluding hydrogens is 401 g/mol. The zero-order chi connectivity index (χ0) is 18.5. The Balaban J connectivity index is 1.68. The summed E-state index contributed by atoms with van der Waals surface area (Å²) >= 11 is 14.2. The highest BCUT2D eigenvalue weighted by Crippen LogP contribution is 2.36. The van der Waals surface area contributed by atoms with Crippen molar-refractivity contribution < 1.29 is 0 Å². The molecule has 132 valence electrons. The highest BCUT2D eigenvalue weighted by atomic mass is 35.5. The van der Waals surface area contributed by atoms with Gasteiger partial charge in [0.1, 0.15) is 0 Å². The maximum atomic E-state index is 6.64. The van der Waals surface area contributed by atoms with Gasteiger partial charge in [0.15, 0.2) is 10.8 Å². The van der Waals surface area contributed by atoms with Crippen LogP contribution >= 0.6 is 34.5 Å². The minimum Gasteiger partial charge on any atom is -0.255 e. The van der Waals surface area contributed by atoms with Crippen molar-refractivity contribution in [2.45, 2.75) is 6.92 Å². The van der Waals surface area contributed by atoms with Crippen LogP contribution in [-0.4, -0.2) is 24.8 Å². The summed E-state index contributed by atoms with van der Waals surface area (Å²) in [6, 6.07) is 13.5. The molecule has 0 spiro atoms. The first-order valence-electron chi connectivity index (χ1n) is 8.13. The number of pyridine rings is 1. The Morgan fingerprint density at radius 3 is 2.78 bits per heavy atom. The summed E-state index contributed by atoms with van der Waals surface area (Å²) in [6.45, 7) is 2.04. The number of hydrogen-bond donors (Lipinski definition) is 0. The van der Waals surface area contributed by atoms with Gasteiger partial charge in [-0.15, -0.1) is 10.2 Å². The fourth-order valence-corrected chi connectivity index (χ4v) is 4.34. The maximum Gasteiger partial charge on any atom is 0.235 e. The molecule has 0 fully saturated rings. The van der Waals surface area contributed by atoms with E-state index in [9.17, 15) is 0 Å². The average molecular weight is 412 g/mol. The van der Waals surface area contributed by atoms with Crippen molar-refractivity contribution in [3.05, 3.63) is 64.3 Å². The van der Waals surface area contributed by atoms with Crippen LogP contribution in [0.25, 0.3) is 37.8 Å². The van der Waals surface area contributed by atoms with E-state index in [1.54, 1.807) is 16.8 Å². The molecule has 0 atom stereocenters. The lowest BCUT2D eigenvalue weighted by atomic mass is 10.1. The third-order valence-corrected chi connectivity index (χ3v) is 5.84. The van der Waals surface area contributed by atoms with E-state index in [0.29, 0.717) is 20.8 Å². The molecule has 0 aliphatic carbocycles. The normalized spacial score (nSPS) is 11.5. The summed E-state index contributed by atoms with van der Waals surface area (Å²) in [5.41, 5.74) is 3.65. The van der Waals surface area contributed by atoms with Crippen LogP contribution in [0.15, 0.2) is 48.7 Å². The molecule has 0 aliphatic rings. The summed E-state index contributed by atoms with van der Waals surface area (Å²) in [5.74, 6) is 0.698. The topological polar surface area (TPSA) is 56.0 Å². The van der Waals surface area contributed by atoms with Crippen molar-refractivity contribution in [1.29, 1.82) is 0 Å². The molecule has 5 rings (SSSR count). The maximum absolute atomic E-state index is 6.64. The number of benzene rings is 2. The largest absolute Gasteiger partial charge is 0.255 e. The van der Waals surface area contributed by atoms with Gasteiger partial charge in [-0.2, -0.15) is 9.61 Å². The first kappa shape index (κ1) is 16.6. The summed E-state index contributed by atoms with van der Waals surface area (Å²) in [7, 11) is 0. The lowest BCUT2D eigenvalue weighted by Gasteiger charge is -2.05. The second-order valence-electron chi connectivity index (χ2n) is 6.14. The molecule has 3 aromatic heterocycles. The Kier molecular flexibility index (Phi) is 3.86. The Hall–Kier alpha value is -2.54. The van der Waals surface area contributed by atoms with Crippen LogP contribution in [0.1, 0.15) is 5.56 Å². The highest BCUT2D eigenvalue weighted by Gasteiger charge is 2.18. The van der Waals surface area contributed by atoms with Gasteiger partial charge in [0, 0.05) is 22.2 Å². The molecule has 0 radical (unpaired) electrons. The van der Waals surface area contributed by atoms with Gasteiger partial charge in [-0.1, -0.05) is 58.3 Å². The Morgan fingerprint density at radius 2 is 1.93 bits per heavy atom. The highest BCUT2D eigenvalue weighted by molar-refractivity contribution is 7.19. The lowest BCUT2D eigenvalue weighted by Crippen LogP contribution is -1.92. The van der Waals surface area contributed by atoms with Crippen LogP contribution in [0.3, 0.4) is 0 Å². The van der Waals surface area contributed by atoms with Crippen LogP contribution in [-0.2, 0) is 0 Å². The van der Waals surface area contributed by atoms with E-state index >= 15 is 0 Å². The molecule has 0 saturated carbocycles. The van der Waals surface area contributed by atoms with Gasteiger partial charge < -0.3 is 0 Å². The average Bonchev–Trinajstić information content (AvgIpc) is 3.23. The second-order valence-corrected chi connectivity index (χ2v) is 7.91. The van der Waals surface area contributed by atoms with Crippen LogP contribution in [0, 0.1) is 6.92 Å². The first-order valence-corrected chi connectivity index (χ1v) is 9.71. The number of hydrogen-bond acceptors (Lipinski definition) is 5. The SMILES string of the molecule is Cc1cccc(-c2nnc3sc(-c4cnc5ccc(Cl)cc5c4Cl)nn23)c1. The van der Waals surface area contributed by atoms with Crippen LogP contribution in [0.2, 0.25) is 10.0 Å². The molecule has 2 aromatic carbocycles. The predicted molar refractivity (Wildman–Crippen MR) is 110 cm³/mol. The van der Waals surface area contributed by atoms with Gasteiger partial charge in [-0.05, 0) is 31.2 Å². The van der Waals surface area contributed by atoms with Gasteiger partial charge in [0.25, 0.3) is 0 Å². The molecular formula is C19H11Cl2N5S. The number of halogens is 2. The number of nitrogens with zero attached hydrogens (tertiary/aromatic N) is 5. The molecule has 8 heteroatoms. The minimum atomic E-state index is 0.574. The molecule has 0 aliphatic heterocycles. The monoisotopic (exact) mass is 411 g/mol. The van der Waals surface area contributed by atoms with Gasteiger partial charge in [-0.25, -0.2) is 0 Å². The molecule has 5 nitrogen and oxygen atoms in total. The zero-order valence-corrected chi connectivity index (χ0v) is 16.3. The predicted octanol–water partition coefficient (Wildman–Crippen LogP) is 5.68. The van der Waals surface area contributed by atoms with Gasteiger partial charge in [0.2, 0.25) is 4.96 Å². The summed E-state index contributed by atoms with van der Waals surface area (Å²) in [4.78, 5) is 5.18. The molecule has 5 aromatic rings. The minimum absolute atomic E-state index is 0.574. The Bertz CT molecular complexity index is 1320. The van der Waals surface area contributed by atoms with E-state index in [0.717, 1.165) is 32.6 Å². The Morgan fingerprint density at radius 1 is 1.04 bits per heavy atom. The van der Waals surface area contributed by atoms with E-state index in [1.807, 2.05) is 37.3 Å². The Labute approximate surface area is 168 Å². The first-order chi connectivity index (χ1) is 13.1. The third-order valence-electron chi connectivity index (χ3n) is 4.26. The van der Waals surface area contributed by atoms with Crippen molar-refractivity contribution in [2.75, 3.05) is 0 Å². The van der Waals surface area contributed by atoms with E-state index in [1.165, 1.54) is 11.3 Å². The molecule has 0 saturated heterocycles.